The Balaban J connectivity index is 1.56. The number of para-hydroxylation sites is 1. The van der Waals surface area contributed by atoms with E-state index in [0.717, 1.165) is 25.8 Å². The van der Waals surface area contributed by atoms with Crippen molar-refractivity contribution in [3.8, 4) is 0 Å². The Bertz CT molecular complexity index is 876. The molecule has 0 aliphatic heterocycles. The molecule has 0 radical (unpaired) electrons. The first-order valence-electron chi connectivity index (χ1n) is 7.26. The minimum absolute atomic E-state index is 0.152. The fourth-order valence-corrected chi connectivity index (χ4v) is 3.19. The van der Waals surface area contributed by atoms with Gasteiger partial charge in [0.2, 0.25) is 5.91 Å². The second-order valence-corrected chi connectivity index (χ2v) is 6.90. The monoisotopic (exact) mass is 399 g/mol. The van der Waals surface area contributed by atoms with Crippen LogP contribution in [0.15, 0.2) is 75.3 Å². The molecule has 1 N–H and O–H groups in total. The van der Waals surface area contributed by atoms with E-state index in [4.69, 9.17) is 0 Å². The number of hydrogen-bond acceptors (Lipinski definition) is 4. The van der Waals surface area contributed by atoms with Crippen molar-refractivity contribution >= 4 is 50.7 Å². The largest absolute Gasteiger partial charge is 0.272 e. The second kappa shape index (κ2) is 8.08. The first-order chi connectivity index (χ1) is 11.7. The van der Waals surface area contributed by atoms with Crippen LogP contribution in [0.2, 0.25) is 0 Å². The van der Waals surface area contributed by atoms with Crippen molar-refractivity contribution in [2.24, 2.45) is 5.10 Å². The molecule has 0 spiro atoms. The standard InChI is InChI=1S/C18H14BrN3OS/c19-15-8-6-13(7-9-15)11-21-22-17(23)12-24-16-5-1-3-14-4-2-10-20-18(14)16/h1-11H,12H2,(H,22,23). The minimum atomic E-state index is -0.152. The number of nitrogens with one attached hydrogen (secondary N) is 1. The van der Waals surface area contributed by atoms with Gasteiger partial charge in [-0.2, -0.15) is 5.10 Å². The summed E-state index contributed by atoms with van der Waals surface area (Å²) in [5.74, 6) is 0.134. The van der Waals surface area contributed by atoms with Gasteiger partial charge in [-0.15, -0.1) is 11.8 Å². The maximum absolute atomic E-state index is 11.9. The van der Waals surface area contributed by atoms with E-state index in [1.165, 1.54) is 11.8 Å². The normalized spacial score (nSPS) is 11.0. The molecule has 1 heterocycles. The number of rotatable bonds is 5. The number of thioether (sulfide) groups is 1. The highest BCUT2D eigenvalue weighted by molar-refractivity contribution is 9.10. The summed E-state index contributed by atoms with van der Waals surface area (Å²) in [5.41, 5.74) is 4.38. The molecule has 1 aromatic heterocycles. The third kappa shape index (κ3) is 4.43. The van der Waals surface area contributed by atoms with Crippen LogP contribution in [0.3, 0.4) is 0 Å². The average molecular weight is 400 g/mol. The molecule has 0 aliphatic rings. The van der Waals surface area contributed by atoms with E-state index in [1.54, 1.807) is 12.4 Å². The Morgan fingerprint density at radius 2 is 1.96 bits per heavy atom. The highest BCUT2D eigenvalue weighted by Crippen LogP contribution is 2.25. The molecule has 0 fully saturated rings. The molecule has 3 rings (SSSR count). The lowest BCUT2D eigenvalue weighted by Crippen LogP contribution is -2.19. The lowest BCUT2D eigenvalue weighted by atomic mass is 10.2. The van der Waals surface area contributed by atoms with Crippen LogP contribution in [-0.4, -0.2) is 22.9 Å². The zero-order valence-corrected chi connectivity index (χ0v) is 15.0. The average Bonchev–Trinajstić information content (AvgIpc) is 2.61. The lowest BCUT2D eigenvalue weighted by molar-refractivity contribution is -0.118. The molecule has 0 unspecified atom stereocenters. The summed E-state index contributed by atoms with van der Waals surface area (Å²) < 4.78 is 1.00. The fraction of sp³-hybridized carbons (Fsp3) is 0.0556. The maximum atomic E-state index is 11.9. The van der Waals surface area contributed by atoms with E-state index in [9.17, 15) is 4.79 Å². The van der Waals surface area contributed by atoms with Crippen LogP contribution >= 0.6 is 27.7 Å². The molecule has 2 aromatic carbocycles. The number of pyridine rings is 1. The zero-order valence-electron chi connectivity index (χ0n) is 12.6. The van der Waals surface area contributed by atoms with Crippen molar-refractivity contribution in [3.63, 3.8) is 0 Å². The van der Waals surface area contributed by atoms with E-state index in [1.807, 2.05) is 54.6 Å². The van der Waals surface area contributed by atoms with Crippen molar-refractivity contribution in [2.45, 2.75) is 4.90 Å². The number of hydrogen-bond donors (Lipinski definition) is 1. The number of hydrazone groups is 1. The van der Waals surface area contributed by atoms with Gasteiger partial charge in [-0.3, -0.25) is 9.78 Å². The predicted octanol–water partition coefficient (Wildman–Crippen LogP) is 4.24. The Labute approximate surface area is 152 Å². The summed E-state index contributed by atoms with van der Waals surface area (Å²) in [7, 11) is 0. The van der Waals surface area contributed by atoms with Gasteiger partial charge < -0.3 is 0 Å². The predicted molar refractivity (Wildman–Crippen MR) is 102 cm³/mol. The third-order valence-corrected chi connectivity index (χ3v) is 4.80. The smallest absolute Gasteiger partial charge is 0.250 e. The van der Waals surface area contributed by atoms with Crippen molar-refractivity contribution in [1.82, 2.24) is 10.4 Å². The molecular weight excluding hydrogens is 386 g/mol. The lowest BCUT2D eigenvalue weighted by Gasteiger charge is -2.04. The molecule has 120 valence electrons. The first kappa shape index (κ1) is 16.7. The molecule has 0 aliphatic carbocycles. The quantitative estimate of drug-likeness (QED) is 0.396. The molecule has 3 aromatic rings. The van der Waals surface area contributed by atoms with Crippen LogP contribution in [0, 0.1) is 0 Å². The summed E-state index contributed by atoms with van der Waals surface area (Å²) in [5, 5.41) is 5.04. The highest BCUT2D eigenvalue weighted by atomic mass is 79.9. The Hall–Kier alpha value is -2.18. The molecule has 0 saturated heterocycles. The van der Waals surface area contributed by atoms with Crippen LogP contribution in [0.1, 0.15) is 5.56 Å². The summed E-state index contributed by atoms with van der Waals surface area (Å²) in [4.78, 5) is 17.3. The number of amides is 1. The van der Waals surface area contributed by atoms with Gasteiger partial charge in [-0.05, 0) is 29.8 Å². The van der Waals surface area contributed by atoms with Crippen LogP contribution in [-0.2, 0) is 4.79 Å². The Kier molecular flexibility index (Phi) is 5.61. The van der Waals surface area contributed by atoms with Gasteiger partial charge in [0.25, 0.3) is 0 Å². The molecule has 6 heteroatoms. The second-order valence-electron chi connectivity index (χ2n) is 4.96. The van der Waals surface area contributed by atoms with Gasteiger partial charge >= 0.3 is 0 Å². The van der Waals surface area contributed by atoms with E-state index < -0.39 is 0 Å². The Morgan fingerprint density at radius 3 is 2.79 bits per heavy atom. The number of nitrogens with zero attached hydrogens (tertiary/aromatic N) is 2. The third-order valence-electron chi connectivity index (χ3n) is 3.23. The zero-order chi connectivity index (χ0) is 16.8. The van der Waals surface area contributed by atoms with Crippen molar-refractivity contribution in [2.75, 3.05) is 5.75 Å². The number of carbonyl (C=O) groups excluding carboxylic acids is 1. The fourth-order valence-electron chi connectivity index (χ4n) is 2.10. The molecule has 1 amide bonds. The van der Waals surface area contributed by atoms with Crippen LogP contribution in [0.4, 0.5) is 0 Å². The molecule has 0 bridgehead atoms. The number of aromatic nitrogens is 1. The van der Waals surface area contributed by atoms with Gasteiger partial charge in [-0.1, -0.05) is 46.3 Å². The van der Waals surface area contributed by atoms with E-state index in [2.05, 4.69) is 31.4 Å². The number of benzene rings is 2. The highest BCUT2D eigenvalue weighted by Gasteiger charge is 2.05. The number of fused-ring (bicyclic) bond motifs is 1. The van der Waals surface area contributed by atoms with E-state index >= 15 is 0 Å². The number of carbonyl (C=O) groups is 1. The molecule has 0 atom stereocenters. The van der Waals surface area contributed by atoms with Crippen molar-refractivity contribution in [1.29, 1.82) is 0 Å². The maximum Gasteiger partial charge on any atom is 0.250 e. The summed E-state index contributed by atoms with van der Waals surface area (Å²) in [6, 6.07) is 17.5. The van der Waals surface area contributed by atoms with E-state index in [0.29, 0.717) is 0 Å². The topological polar surface area (TPSA) is 54.4 Å². The van der Waals surface area contributed by atoms with Gasteiger partial charge in [0.15, 0.2) is 0 Å². The van der Waals surface area contributed by atoms with Gasteiger partial charge in [-0.25, -0.2) is 5.43 Å². The van der Waals surface area contributed by atoms with Crippen molar-refractivity contribution in [3.05, 3.63) is 70.8 Å². The Morgan fingerprint density at radius 1 is 1.17 bits per heavy atom. The number of halogens is 1. The van der Waals surface area contributed by atoms with Gasteiger partial charge in [0, 0.05) is 21.0 Å². The van der Waals surface area contributed by atoms with E-state index in [-0.39, 0.29) is 11.7 Å². The molecular formula is C18H14BrN3OS. The summed E-state index contributed by atoms with van der Waals surface area (Å²) in [6.07, 6.45) is 3.38. The molecule has 4 nitrogen and oxygen atoms in total. The molecule has 0 saturated carbocycles. The minimum Gasteiger partial charge on any atom is -0.272 e. The van der Waals surface area contributed by atoms with Crippen LogP contribution < -0.4 is 5.43 Å². The SMILES string of the molecule is O=C(CSc1cccc2cccnc12)NN=Cc1ccc(Br)cc1. The van der Waals surface area contributed by atoms with Gasteiger partial charge in [0.05, 0.1) is 17.5 Å². The molecule has 24 heavy (non-hydrogen) atoms. The van der Waals surface area contributed by atoms with Crippen LogP contribution in [0.5, 0.6) is 0 Å². The first-order valence-corrected chi connectivity index (χ1v) is 9.04. The van der Waals surface area contributed by atoms with Crippen LogP contribution in [0.25, 0.3) is 10.9 Å². The van der Waals surface area contributed by atoms with Gasteiger partial charge in [0.1, 0.15) is 0 Å². The summed E-state index contributed by atoms with van der Waals surface area (Å²) >= 11 is 4.83. The van der Waals surface area contributed by atoms with Crippen molar-refractivity contribution < 1.29 is 4.79 Å². The summed E-state index contributed by atoms with van der Waals surface area (Å²) in [6.45, 7) is 0.